The number of nitrogens with one attached hydrogen (secondary N) is 1. The minimum atomic E-state index is 0. The molecule has 0 spiro atoms. The molecular weight excluding hydrogens is 418 g/mol. The van der Waals surface area contributed by atoms with Gasteiger partial charge >= 0.3 is 0 Å². The Kier molecular flexibility index (Phi) is 8.09. The number of amidine groups is 1. The second-order valence-corrected chi connectivity index (χ2v) is 7.06. The summed E-state index contributed by atoms with van der Waals surface area (Å²) in [5.41, 5.74) is 4.99. The van der Waals surface area contributed by atoms with Gasteiger partial charge in [0.2, 0.25) is 5.75 Å². The van der Waals surface area contributed by atoms with Gasteiger partial charge in [0.15, 0.2) is 16.7 Å². The Labute approximate surface area is 169 Å². The Morgan fingerprint density at radius 2 is 1.69 bits per heavy atom. The summed E-state index contributed by atoms with van der Waals surface area (Å²) in [6.45, 7) is 0. The van der Waals surface area contributed by atoms with Gasteiger partial charge in [0, 0.05) is 11.3 Å². The van der Waals surface area contributed by atoms with Crippen LogP contribution in [0.3, 0.4) is 0 Å². The average Bonchev–Trinajstić information content (AvgIpc) is 2.68. The predicted molar refractivity (Wildman–Crippen MR) is 113 cm³/mol. The second kappa shape index (κ2) is 10.1. The van der Waals surface area contributed by atoms with E-state index in [4.69, 9.17) is 19.2 Å². The van der Waals surface area contributed by atoms with Crippen molar-refractivity contribution in [2.75, 3.05) is 27.1 Å². The zero-order valence-electron chi connectivity index (χ0n) is 15.4. The smallest absolute Gasteiger partial charge is 0.203 e. The quantitative estimate of drug-likeness (QED) is 0.744. The van der Waals surface area contributed by atoms with Crippen molar-refractivity contribution < 1.29 is 14.2 Å². The Hall–Kier alpha value is -1.41. The summed E-state index contributed by atoms with van der Waals surface area (Å²) in [5.74, 6) is 2.61. The number of ether oxygens (including phenoxy) is 3. The fourth-order valence-corrected chi connectivity index (χ4v) is 3.99. The van der Waals surface area contributed by atoms with Gasteiger partial charge in [-0.15, -0.1) is 17.0 Å². The molecule has 3 rings (SSSR count). The van der Waals surface area contributed by atoms with Crippen LogP contribution >= 0.6 is 28.7 Å². The van der Waals surface area contributed by atoms with E-state index in [1.54, 1.807) is 33.1 Å². The summed E-state index contributed by atoms with van der Waals surface area (Å²) in [5, 5.41) is 5.44. The van der Waals surface area contributed by atoms with Gasteiger partial charge in [-0.25, -0.2) is 0 Å². The van der Waals surface area contributed by atoms with Gasteiger partial charge < -0.3 is 14.2 Å². The van der Waals surface area contributed by atoms with E-state index in [0.29, 0.717) is 23.3 Å². The van der Waals surface area contributed by atoms with Crippen molar-refractivity contribution in [2.24, 2.45) is 10.1 Å². The number of rotatable bonds is 5. The van der Waals surface area contributed by atoms with Crippen molar-refractivity contribution in [3.63, 3.8) is 0 Å². The largest absolute Gasteiger partial charge is 0.493 e. The maximum absolute atomic E-state index is 5.42. The predicted octanol–water partition coefficient (Wildman–Crippen LogP) is 4.02. The highest BCUT2D eigenvalue weighted by Gasteiger charge is 2.20. The first-order valence-corrected chi connectivity index (χ1v) is 9.57. The van der Waals surface area contributed by atoms with Crippen LogP contribution in [0.4, 0.5) is 0 Å². The topological polar surface area (TPSA) is 64.4 Å². The molecule has 1 aliphatic heterocycles. The first kappa shape index (κ1) is 20.9. The van der Waals surface area contributed by atoms with Gasteiger partial charge in [0.1, 0.15) is 0 Å². The highest BCUT2D eigenvalue weighted by Crippen LogP contribution is 2.38. The summed E-state index contributed by atoms with van der Waals surface area (Å²) in [7, 11) is 4.83. The summed E-state index contributed by atoms with van der Waals surface area (Å²) < 4.78 is 16.2. The Bertz CT molecular complexity index is 651. The van der Waals surface area contributed by atoms with Crippen molar-refractivity contribution in [3.8, 4) is 17.2 Å². The maximum atomic E-state index is 5.42. The number of hydrogen-bond donors (Lipinski definition) is 1. The van der Waals surface area contributed by atoms with Gasteiger partial charge in [0.25, 0.3) is 0 Å². The summed E-state index contributed by atoms with van der Waals surface area (Å²) in [6, 6.07) is 4.29. The molecule has 0 aromatic heterocycles. The first-order chi connectivity index (χ1) is 12.2. The van der Waals surface area contributed by atoms with Crippen molar-refractivity contribution >= 4 is 39.6 Å². The first-order valence-electron chi connectivity index (χ1n) is 8.58. The molecule has 0 atom stereocenters. The molecule has 2 aliphatic rings. The van der Waals surface area contributed by atoms with Crippen LogP contribution in [0.5, 0.6) is 17.2 Å². The molecule has 1 aliphatic carbocycles. The molecule has 1 saturated carbocycles. The van der Waals surface area contributed by atoms with Gasteiger partial charge in [-0.05, 0) is 25.0 Å². The molecule has 144 valence electrons. The van der Waals surface area contributed by atoms with E-state index in [-0.39, 0.29) is 17.0 Å². The zero-order chi connectivity index (χ0) is 17.6. The minimum absolute atomic E-state index is 0. The highest BCUT2D eigenvalue weighted by atomic mass is 79.9. The second-order valence-electron chi connectivity index (χ2n) is 6.10. The van der Waals surface area contributed by atoms with E-state index in [0.717, 1.165) is 22.2 Å². The number of methoxy groups -OCH3 is 3. The lowest BCUT2D eigenvalue weighted by Crippen LogP contribution is -2.27. The van der Waals surface area contributed by atoms with Gasteiger partial charge in [0.05, 0.1) is 33.1 Å². The molecule has 0 saturated heterocycles. The third kappa shape index (κ3) is 4.85. The molecule has 1 fully saturated rings. The monoisotopic (exact) mass is 443 g/mol. The minimum Gasteiger partial charge on any atom is -0.493 e. The van der Waals surface area contributed by atoms with Gasteiger partial charge in [-0.1, -0.05) is 31.0 Å². The molecule has 1 heterocycles. The average molecular weight is 444 g/mol. The molecule has 0 bridgehead atoms. The molecule has 0 radical (unpaired) electrons. The SMILES string of the molecule is Br.COc1cc(C2=NNC(=NC3CCCCC3)SC2)cc(OC)c1OC. The van der Waals surface area contributed by atoms with E-state index in [9.17, 15) is 0 Å². The maximum Gasteiger partial charge on any atom is 0.203 e. The number of nitrogens with zero attached hydrogens (tertiary/aromatic N) is 2. The van der Waals surface area contributed by atoms with E-state index in [1.807, 2.05) is 12.1 Å². The van der Waals surface area contributed by atoms with Crippen LogP contribution in [0, 0.1) is 0 Å². The van der Waals surface area contributed by atoms with Crippen molar-refractivity contribution in [1.82, 2.24) is 5.43 Å². The molecular formula is C18H26BrN3O3S. The number of benzene rings is 1. The zero-order valence-corrected chi connectivity index (χ0v) is 17.9. The van der Waals surface area contributed by atoms with Crippen LogP contribution in [0.1, 0.15) is 37.7 Å². The number of hydrogen-bond acceptors (Lipinski definition) is 6. The van der Waals surface area contributed by atoms with Crippen LogP contribution in [0.25, 0.3) is 0 Å². The third-order valence-electron chi connectivity index (χ3n) is 4.50. The number of hydrazone groups is 1. The van der Waals surface area contributed by atoms with Crippen molar-refractivity contribution in [2.45, 2.75) is 38.1 Å². The van der Waals surface area contributed by atoms with E-state index in [1.165, 1.54) is 32.1 Å². The fourth-order valence-electron chi connectivity index (χ4n) is 3.15. The van der Waals surface area contributed by atoms with Crippen LogP contribution in [0.15, 0.2) is 22.2 Å². The molecule has 1 aromatic rings. The van der Waals surface area contributed by atoms with E-state index in [2.05, 4.69) is 10.5 Å². The Morgan fingerprint density at radius 3 is 2.19 bits per heavy atom. The molecule has 0 unspecified atom stereocenters. The van der Waals surface area contributed by atoms with Gasteiger partial charge in [-0.2, -0.15) is 5.10 Å². The van der Waals surface area contributed by atoms with E-state index >= 15 is 0 Å². The summed E-state index contributed by atoms with van der Waals surface area (Å²) in [4.78, 5) is 4.81. The lowest BCUT2D eigenvalue weighted by Gasteiger charge is -2.21. The lowest BCUT2D eigenvalue weighted by molar-refractivity contribution is 0.324. The van der Waals surface area contributed by atoms with Gasteiger partial charge in [-0.3, -0.25) is 10.4 Å². The van der Waals surface area contributed by atoms with Crippen LogP contribution in [-0.4, -0.2) is 44.0 Å². The van der Waals surface area contributed by atoms with Crippen LogP contribution in [0.2, 0.25) is 0 Å². The van der Waals surface area contributed by atoms with Crippen molar-refractivity contribution in [1.29, 1.82) is 0 Å². The third-order valence-corrected chi connectivity index (χ3v) is 5.39. The Morgan fingerprint density at radius 1 is 1.04 bits per heavy atom. The summed E-state index contributed by atoms with van der Waals surface area (Å²) >= 11 is 1.69. The Balaban J connectivity index is 0.00000243. The summed E-state index contributed by atoms with van der Waals surface area (Å²) in [6.07, 6.45) is 6.29. The number of thioether (sulfide) groups is 1. The molecule has 26 heavy (non-hydrogen) atoms. The molecule has 8 heteroatoms. The van der Waals surface area contributed by atoms with Crippen LogP contribution in [-0.2, 0) is 0 Å². The fraction of sp³-hybridized carbons (Fsp3) is 0.556. The molecule has 0 amide bonds. The molecule has 6 nitrogen and oxygen atoms in total. The number of aliphatic imine (C=N–C) groups is 1. The number of halogens is 1. The van der Waals surface area contributed by atoms with Crippen LogP contribution < -0.4 is 19.6 Å². The lowest BCUT2D eigenvalue weighted by atomic mass is 9.96. The standard InChI is InChI=1S/C18H25N3O3S.BrH/c1-22-15-9-12(10-16(23-2)17(15)24-3)14-11-25-18(21-20-14)19-13-7-5-4-6-8-13;/h9-10,13H,4-8,11H2,1-3H3,(H,19,21);1H. The molecule has 1 N–H and O–H groups in total. The normalized spacial score (nSPS) is 19.2. The highest BCUT2D eigenvalue weighted by molar-refractivity contribution is 8.93. The van der Waals surface area contributed by atoms with E-state index < -0.39 is 0 Å². The van der Waals surface area contributed by atoms with Crippen molar-refractivity contribution in [3.05, 3.63) is 17.7 Å². The molecule has 1 aromatic carbocycles.